The van der Waals surface area contributed by atoms with Crippen molar-refractivity contribution in [2.45, 2.75) is 26.5 Å². The summed E-state index contributed by atoms with van der Waals surface area (Å²) in [6.45, 7) is 0.841. The van der Waals surface area contributed by atoms with Gasteiger partial charge in [-0.25, -0.2) is 4.39 Å². The fourth-order valence-electron chi connectivity index (χ4n) is 1.99. The zero-order valence-electron chi connectivity index (χ0n) is 11.7. The molecule has 0 saturated carbocycles. The molecule has 112 valence electrons. The van der Waals surface area contributed by atoms with Gasteiger partial charge in [-0.3, -0.25) is 0 Å². The van der Waals surface area contributed by atoms with Crippen molar-refractivity contribution in [3.05, 3.63) is 59.4 Å². The molecule has 0 amide bonds. The number of ether oxygens (including phenoxy) is 1. The Balaban J connectivity index is 2.07. The average molecular weight is 295 g/mol. The van der Waals surface area contributed by atoms with Gasteiger partial charge in [0.15, 0.2) is 0 Å². The molecule has 2 aromatic carbocycles. The number of benzene rings is 2. The van der Waals surface area contributed by atoms with E-state index in [1.54, 1.807) is 18.2 Å². The van der Waals surface area contributed by atoms with Gasteiger partial charge in [0.05, 0.1) is 5.69 Å². The van der Waals surface area contributed by atoms with Gasteiger partial charge in [0, 0.05) is 6.04 Å². The third kappa shape index (κ3) is 4.15. The normalized spacial score (nSPS) is 12.3. The van der Waals surface area contributed by atoms with Gasteiger partial charge in [0.1, 0.15) is 11.6 Å². The number of hydrogen-bond donors (Lipinski definition) is 1. The molecule has 1 unspecified atom stereocenters. The first kappa shape index (κ1) is 15.2. The second kappa shape index (κ2) is 6.52. The molecule has 0 aliphatic heterocycles. The van der Waals surface area contributed by atoms with E-state index in [0.717, 1.165) is 11.1 Å². The Kier molecular flexibility index (Phi) is 4.73. The quantitative estimate of drug-likeness (QED) is 0.846. The van der Waals surface area contributed by atoms with E-state index in [9.17, 15) is 13.2 Å². The molecule has 0 aliphatic carbocycles. The van der Waals surface area contributed by atoms with Crippen LogP contribution in [0.5, 0.6) is 5.75 Å². The molecule has 0 aliphatic rings. The summed E-state index contributed by atoms with van der Waals surface area (Å²) in [5.74, 6) is -0.220. The molecule has 0 aromatic heterocycles. The van der Waals surface area contributed by atoms with Gasteiger partial charge in [-0.05, 0) is 49.2 Å². The maximum atomic E-state index is 13.8. The van der Waals surface area contributed by atoms with Gasteiger partial charge in [-0.15, -0.1) is 0 Å². The van der Waals surface area contributed by atoms with Gasteiger partial charge in [-0.2, -0.15) is 8.78 Å². The zero-order chi connectivity index (χ0) is 15.4. The predicted molar refractivity (Wildman–Crippen MR) is 76.2 cm³/mol. The fourth-order valence-corrected chi connectivity index (χ4v) is 1.99. The van der Waals surface area contributed by atoms with Gasteiger partial charge in [-0.1, -0.05) is 18.2 Å². The Morgan fingerprint density at radius 3 is 2.29 bits per heavy atom. The highest BCUT2D eigenvalue weighted by Gasteiger charge is 2.10. The maximum Gasteiger partial charge on any atom is 0.387 e. The van der Waals surface area contributed by atoms with Crippen LogP contribution in [0.15, 0.2) is 42.5 Å². The highest BCUT2D eigenvalue weighted by Crippen LogP contribution is 2.24. The summed E-state index contributed by atoms with van der Waals surface area (Å²) in [4.78, 5) is 0. The van der Waals surface area contributed by atoms with Crippen LogP contribution in [0.25, 0.3) is 0 Å². The number of anilines is 1. The van der Waals surface area contributed by atoms with E-state index in [0.29, 0.717) is 5.69 Å². The Morgan fingerprint density at radius 2 is 1.71 bits per heavy atom. The Hall–Kier alpha value is -2.17. The van der Waals surface area contributed by atoms with Crippen LogP contribution in [0.2, 0.25) is 0 Å². The fraction of sp³-hybridized carbons (Fsp3) is 0.250. The van der Waals surface area contributed by atoms with E-state index in [4.69, 9.17) is 0 Å². The number of hydrogen-bond acceptors (Lipinski definition) is 2. The molecule has 0 bridgehead atoms. The lowest BCUT2D eigenvalue weighted by Crippen LogP contribution is -2.08. The van der Waals surface area contributed by atoms with Crippen molar-refractivity contribution >= 4 is 5.69 Å². The average Bonchev–Trinajstić information content (AvgIpc) is 2.42. The molecule has 1 N–H and O–H groups in total. The number of nitrogens with one attached hydrogen (secondary N) is 1. The van der Waals surface area contributed by atoms with Gasteiger partial charge >= 0.3 is 6.61 Å². The molecule has 0 fully saturated rings. The lowest BCUT2D eigenvalue weighted by molar-refractivity contribution is -0.0498. The highest BCUT2D eigenvalue weighted by atomic mass is 19.3. The van der Waals surface area contributed by atoms with Crippen LogP contribution in [-0.2, 0) is 0 Å². The first-order valence-electron chi connectivity index (χ1n) is 6.53. The van der Waals surface area contributed by atoms with Crippen LogP contribution in [0, 0.1) is 12.7 Å². The molecule has 0 spiro atoms. The van der Waals surface area contributed by atoms with Crippen LogP contribution in [0.1, 0.15) is 24.1 Å². The molecule has 2 nitrogen and oxygen atoms in total. The summed E-state index contributed by atoms with van der Waals surface area (Å²) in [6.07, 6.45) is 0. The van der Waals surface area contributed by atoms with Gasteiger partial charge in [0.25, 0.3) is 0 Å². The van der Waals surface area contributed by atoms with Crippen molar-refractivity contribution in [1.29, 1.82) is 0 Å². The molecule has 2 rings (SSSR count). The SMILES string of the molecule is Cc1ccc(NC(C)c2ccc(OC(F)F)cc2)c(F)c1. The smallest absolute Gasteiger partial charge is 0.387 e. The van der Waals surface area contributed by atoms with Gasteiger partial charge < -0.3 is 10.1 Å². The lowest BCUT2D eigenvalue weighted by atomic mass is 10.1. The van der Waals surface area contributed by atoms with E-state index in [2.05, 4.69) is 10.1 Å². The first-order chi connectivity index (χ1) is 9.95. The van der Waals surface area contributed by atoms with Crippen LogP contribution < -0.4 is 10.1 Å². The Labute approximate surface area is 121 Å². The Morgan fingerprint density at radius 1 is 1.05 bits per heavy atom. The van der Waals surface area contributed by atoms with Gasteiger partial charge in [0.2, 0.25) is 0 Å². The second-order valence-electron chi connectivity index (χ2n) is 4.80. The standard InChI is InChI=1S/C16H16F3NO/c1-10-3-8-15(14(17)9-10)20-11(2)12-4-6-13(7-5-12)21-16(18)19/h3-9,11,16,20H,1-2H3. The molecule has 0 heterocycles. The molecule has 21 heavy (non-hydrogen) atoms. The van der Waals surface area contributed by atoms with E-state index in [-0.39, 0.29) is 17.6 Å². The minimum absolute atomic E-state index is 0.0995. The minimum Gasteiger partial charge on any atom is -0.435 e. The zero-order valence-corrected chi connectivity index (χ0v) is 11.7. The van der Waals surface area contributed by atoms with Crippen LogP contribution in [0.4, 0.5) is 18.9 Å². The highest BCUT2D eigenvalue weighted by molar-refractivity contribution is 5.48. The summed E-state index contributed by atoms with van der Waals surface area (Å²) in [7, 11) is 0. The Bertz CT molecular complexity index is 599. The van der Waals surface area contributed by atoms with E-state index < -0.39 is 6.61 Å². The summed E-state index contributed by atoms with van der Waals surface area (Å²) in [6, 6.07) is 11.0. The second-order valence-corrected chi connectivity index (χ2v) is 4.80. The monoisotopic (exact) mass is 295 g/mol. The van der Waals surface area contributed by atoms with Crippen molar-refractivity contribution in [2.75, 3.05) is 5.32 Å². The predicted octanol–water partition coefficient (Wildman–Crippen LogP) is 4.91. The van der Waals surface area contributed by atoms with E-state index in [1.165, 1.54) is 18.2 Å². The molecule has 1 atom stereocenters. The van der Waals surface area contributed by atoms with Crippen molar-refractivity contribution < 1.29 is 17.9 Å². The topological polar surface area (TPSA) is 21.3 Å². The molecule has 2 aromatic rings. The van der Waals surface area contributed by atoms with Crippen LogP contribution in [-0.4, -0.2) is 6.61 Å². The summed E-state index contributed by atoms with van der Waals surface area (Å²) in [5.41, 5.74) is 2.09. The summed E-state index contributed by atoms with van der Waals surface area (Å²) in [5, 5.41) is 3.05. The number of aryl methyl sites for hydroxylation is 1. The number of rotatable bonds is 5. The first-order valence-corrected chi connectivity index (χ1v) is 6.53. The number of halogens is 3. The molecule has 0 radical (unpaired) electrons. The summed E-state index contributed by atoms with van der Waals surface area (Å²) < 4.78 is 42.2. The number of alkyl halides is 2. The molecule has 5 heteroatoms. The molecular formula is C16H16F3NO. The molecule has 0 saturated heterocycles. The maximum absolute atomic E-state index is 13.8. The van der Waals surface area contributed by atoms with E-state index >= 15 is 0 Å². The van der Waals surface area contributed by atoms with Crippen molar-refractivity contribution in [3.63, 3.8) is 0 Å². The van der Waals surface area contributed by atoms with Crippen LogP contribution >= 0.6 is 0 Å². The largest absolute Gasteiger partial charge is 0.435 e. The van der Waals surface area contributed by atoms with Crippen molar-refractivity contribution in [2.24, 2.45) is 0 Å². The van der Waals surface area contributed by atoms with Crippen molar-refractivity contribution in [1.82, 2.24) is 0 Å². The minimum atomic E-state index is -2.84. The lowest BCUT2D eigenvalue weighted by Gasteiger charge is -2.17. The summed E-state index contributed by atoms with van der Waals surface area (Å²) >= 11 is 0. The van der Waals surface area contributed by atoms with E-state index in [1.807, 2.05) is 19.9 Å². The molecular weight excluding hydrogens is 279 g/mol. The third-order valence-corrected chi connectivity index (χ3v) is 3.10. The third-order valence-electron chi connectivity index (χ3n) is 3.10. The van der Waals surface area contributed by atoms with Crippen LogP contribution in [0.3, 0.4) is 0 Å². The van der Waals surface area contributed by atoms with Crippen molar-refractivity contribution in [3.8, 4) is 5.75 Å².